The molecule has 0 unspecified atom stereocenters. The van der Waals surface area contributed by atoms with Gasteiger partial charge in [0.2, 0.25) is 5.91 Å². The van der Waals surface area contributed by atoms with Crippen LogP contribution >= 0.6 is 0 Å². The highest BCUT2D eigenvalue weighted by Gasteiger charge is 2.37. The van der Waals surface area contributed by atoms with Crippen LogP contribution in [-0.4, -0.2) is 69.2 Å². The molecular formula is C16H20N6O2. The van der Waals surface area contributed by atoms with Gasteiger partial charge in [0.15, 0.2) is 0 Å². The lowest BCUT2D eigenvalue weighted by Crippen LogP contribution is -2.62. The first-order chi connectivity index (χ1) is 11.6. The van der Waals surface area contributed by atoms with Crippen molar-refractivity contribution in [3.8, 4) is 0 Å². The Hall–Kier alpha value is -2.48. The second kappa shape index (κ2) is 5.86. The summed E-state index contributed by atoms with van der Waals surface area (Å²) in [6.07, 6.45) is 1.64. The summed E-state index contributed by atoms with van der Waals surface area (Å²) in [6.45, 7) is 3.23. The van der Waals surface area contributed by atoms with E-state index in [1.54, 1.807) is 18.2 Å². The van der Waals surface area contributed by atoms with Crippen LogP contribution in [0.15, 0.2) is 18.2 Å². The maximum Gasteiger partial charge on any atom is 0.254 e. The Labute approximate surface area is 139 Å². The molecule has 0 atom stereocenters. The minimum absolute atomic E-state index is 0.00764. The number of piperidine rings is 1. The van der Waals surface area contributed by atoms with E-state index in [2.05, 4.69) is 20.3 Å². The fourth-order valence-corrected chi connectivity index (χ4v) is 3.56. The zero-order valence-corrected chi connectivity index (χ0v) is 13.3. The molecule has 0 spiro atoms. The highest BCUT2D eigenvalue weighted by atomic mass is 16.2. The standard InChI is InChI=1S/C16H20N6O2/c17-15(23)10-3-5-21(6-4-10)12-8-22(9-12)16(24)11-1-2-13-14(7-11)19-20-18-13/h1-2,7,10,12H,3-6,8-9H2,(H2,17,23)(H,18,19,20). The molecule has 0 radical (unpaired) electrons. The van der Waals surface area contributed by atoms with E-state index in [-0.39, 0.29) is 17.7 Å². The summed E-state index contributed by atoms with van der Waals surface area (Å²) in [4.78, 5) is 28.0. The molecule has 1 aromatic heterocycles. The number of rotatable bonds is 3. The van der Waals surface area contributed by atoms with Crippen LogP contribution in [0.3, 0.4) is 0 Å². The second-order valence-corrected chi connectivity index (χ2v) is 6.60. The fraction of sp³-hybridized carbons (Fsp3) is 0.500. The van der Waals surface area contributed by atoms with Crippen LogP contribution in [0.25, 0.3) is 11.0 Å². The van der Waals surface area contributed by atoms with E-state index in [1.807, 2.05) is 4.90 Å². The number of likely N-dealkylation sites (tertiary alicyclic amines) is 2. The quantitative estimate of drug-likeness (QED) is 0.823. The first-order valence-corrected chi connectivity index (χ1v) is 8.25. The Morgan fingerprint density at radius 2 is 1.83 bits per heavy atom. The molecule has 3 heterocycles. The molecule has 2 amide bonds. The first-order valence-electron chi connectivity index (χ1n) is 8.25. The predicted octanol–water partition coefficient (Wildman–Crippen LogP) is -0.0204. The summed E-state index contributed by atoms with van der Waals surface area (Å²) >= 11 is 0. The van der Waals surface area contributed by atoms with Crippen LogP contribution in [0.1, 0.15) is 23.2 Å². The summed E-state index contributed by atoms with van der Waals surface area (Å²) in [7, 11) is 0. The molecule has 8 nitrogen and oxygen atoms in total. The van der Waals surface area contributed by atoms with Crippen molar-refractivity contribution in [3.63, 3.8) is 0 Å². The number of aromatic nitrogens is 3. The summed E-state index contributed by atoms with van der Waals surface area (Å²) < 4.78 is 0. The maximum atomic E-state index is 12.6. The molecule has 2 aliphatic rings. The Kier molecular flexibility index (Phi) is 3.68. The third-order valence-corrected chi connectivity index (χ3v) is 5.16. The first kappa shape index (κ1) is 15.1. The van der Waals surface area contributed by atoms with Crippen molar-refractivity contribution in [3.05, 3.63) is 23.8 Å². The predicted molar refractivity (Wildman–Crippen MR) is 87.1 cm³/mol. The highest BCUT2D eigenvalue weighted by Crippen LogP contribution is 2.24. The van der Waals surface area contributed by atoms with Gasteiger partial charge in [-0.25, -0.2) is 0 Å². The smallest absolute Gasteiger partial charge is 0.254 e. The number of fused-ring (bicyclic) bond motifs is 1. The van der Waals surface area contributed by atoms with E-state index in [0.29, 0.717) is 17.1 Å². The van der Waals surface area contributed by atoms with Gasteiger partial charge in [-0.2, -0.15) is 15.4 Å². The molecule has 8 heteroatoms. The van der Waals surface area contributed by atoms with Gasteiger partial charge in [-0.1, -0.05) is 0 Å². The van der Waals surface area contributed by atoms with E-state index >= 15 is 0 Å². The molecule has 24 heavy (non-hydrogen) atoms. The van der Waals surface area contributed by atoms with Crippen molar-refractivity contribution in [1.82, 2.24) is 25.2 Å². The zero-order chi connectivity index (χ0) is 16.7. The van der Waals surface area contributed by atoms with Crippen molar-refractivity contribution >= 4 is 22.8 Å². The number of hydrogen-bond donors (Lipinski definition) is 2. The van der Waals surface area contributed by atoms with E-state index in [1.165, 1.54) is 0 Å². The van der Waals surface area contributed by atoms with Crippen LogP contribution in [-0.2, 0) is 4.79 Å². The van der Waals surface area contributed by atoms with Crippen LogP contribution in [0.2, 0.25) is 0 Å². The fourth-order valence-electron chi connectivity index (χ4n) is 3.56. The SMILES string of the molecule is NC(=O)C1CCN(C2CN(C(=O)c3ccc4n[nH]nc4c3)C2)CC1. The lowest BCUT2D eigenvalue weighted by molar-refractivity contribution is -0.123. The van der Waals surface area contributed by atoms with Crippen molar-refractivity contribution < 1.29 is 9.59 Å². The third-order valence-electron chi connectivity index (χ3n) is 5.16. The average Bonchev–Trinajstić information content (AvgIpc) is 3.01. The van der Waals surface area contributed by atoms with Gasteiger partial charge in [-0.05, 0) is 44.1 Å². The maximum absolute atomic E-state index is 12.6. The number of H-pyrrole nitrogens is 1. The van der Waals surface area contributed by atoms with Gasteiger partial charge in [-0.15, -0.1) is 0 Å². The van der Waals surface area contributed by atoms with E-state index < -0.39 is 0 Å². The van der Waals surface area contributed by atoms with Crippen molar-refractivity contribution in [2.24, 2.45) is 11.7 Å². The Morgan fingerprint density at radius 1 is 1.12 bits per heavy atom. The highest BCUT2D eigenvalue weighted by molar-refractivity contribution is 5.97. The second-order valence-electron chi connectivity index (χ2n) is 6.60. The van der Waals surface area contributed by atoms with Crippen LogP contribution in [0, 0.1) is 5.92 Å². The molecule has 2 aromatic rings. The molecule has 2 saturated heterocycles. The number of benzene rings is 1. The molecule has 1 aromatic carbocycles. The van der Waals surface area contributed by atoms with Gasteiger partial charge in [0.25, 0.3) is 5.91 Å². The number of nitrogens with two attached hydrogens (primary N) is 1. The number of hydrogen-bond acceptors (Lipinski definition) is 5. The molecular weight excluding hydrogens is 308 g/mol. The number of nitrogens with zero attached hydrogens (tertiary/aromatic N) is 4. The van der Waals surface area contributed by atoms with Gasteiger partial charge >= 0.3 is 0 Å². The molecule has 0 bridgehead atoms. The molecule has 2 fully saturated rings. The van der Waals surface area contributed by atoms with E-state index in [9.17, 15) is 9.59 Å². The summed E-state index contributed by atoms with van der Waals surface area (Å²) in [5.74, 6) is -0.153. The van der Waals surface area contributed by atoms with Gasteiger partial charge < -0.3 is 10.6 Å². The monoisotopic (exact) mass is 328 g/mol. The van der Waals surface area contributed by atoms with Crippen LogP contribution in [0.4, 0.5) is 0 Å². The van der Waals surface area contributed by atoms with Crippen LogP contribution < -0.4 is 5.73 Å². The van der Waals surface area contributed by atoms with Gasteiger partial charge in [0.05, 0.1) is 0 Å². The summed E-state index contributed by atoms with van der Waals surface area (Å²) in [5.41, 5.74) is 7.47. The summed E-state index contributed by atoms with van der Waals surface area (Å²) in [6, 6.07) is 5.75. The van der Waals surface area contributed by atoms with Crippen molar-refractivity contribution in [2.75, 3.05) is 26.2 Å². The molecule has 4 rings (SSSR count). The lowest BCUT2D eigenvalue weighted by Gasteiger charge is -2.47. The largest absolute Gasteiger partial charge is 0.369 e. The van der Waals surface area contributed by atoms with Gasteiger partial charge in [0, 0.05) is 30.6 Å². The number of primary amides is 1. The molecule has 126 valence electrons. The molecule has 0 saturated carbocycles. The molecule has 3 N–H and O–H groups in total. The number of nitrogens with one attached hydrogen (secondary N) is 1. The Balaban J connectivity index is 1.34. The number of aromatic amines is 1. The molecule has 2 aliphatic heterocycles. The zero-order valence-electron chi connectivity index (χ0n) is 13.3. The number of carbonyl (C=O) groups excluding carboxylic acids is 2. The third kappa shape index (κ3) is 2.62. The van der Waals surface area contributed by atoms with Crippen LogP contribution in [0.5, 0.6) is 0 Å². The topological polar surface area (TPSA) is 108 Å². The van der Waals surface area contributed by atoms with E-state index in [4.69, 9.17) is 5.73 Å². The lowest BCUT2D eigenvalue weighted by atomic mass is 9.93. The van der Waals surface area contributed by atoms with Gasteiger partial charge in [-0.3, -0.25) is 14.5 Å². The minimum atomic E-state index is -0.191. The van der Waals surface area contributed by atoms with Crippen molar-refractivity contribution in [2.45, 2.75) is 18.9 Å². The minimum Gasteiger partial charge on any atom is -0.369 e. The summed E-state index contributed by atoms with van der Waals surface area (Å²) in [5, 5.41) is 10.6. The van der Waals surface area contributed by atoms with Crippen molar-refractivity contribution in [1.29, 1.82) is 0 Å². The normalized spacial score (nSPS) is 20.2. The average molecular weight is 328 g/mol. The number of amides is 2. The van der Waals surface area contributed by atoms with E-state index in [0.717, 1.165) is 44.5 Å². The Morgan fingerprint density at radius 3 is 2.54 bits per heavy atom. The van der Waals surface area contributed by atoms with Gasteiger partial charge in [0.1, 0.15) is 11.0 Å². The Bertz CT molecular complexity index is 774. The number of carbonyl (C=O) groups is 2. The molecule has 0 aliphatic carbocycles.